The number of nitrogens with zero attached hydrogens (tertiary/aromatic N) is 2. The SMILES string of the molecule is C=CCCC(=O)NC[C@H](C)OC(=O)[C@@H]1[C@H]2C(=O)N(CCCCCCO)[C@H](C(=O)N(CC=C)C(C)(C)C)[C@]23CC[C@H]1O3. The van der Waals surface area contributed by atoms with E-state index in [4.69, 9.17) is 14.6 Å². The van der Waals surface area contributed by atoms with E-state index in [0.29, 0.717) is 51.6 Å². The number of hydrogen-bond acceptors (Lipinski definition) is 7. The number of fused-ring (bicyclic) bond motifs is 1. The van der Waals surface area contributed by atoms with Crippen molar-refractivity contribution in [1.82, 2.24) is 15.1 Å². The molecule has 10 nitrogen and oxygen atoms in total. The smallest absolute Gasteiger partial charge is 0.312 e. The van der Waals surface area contributed by atoms with Crippen molar-refractivity contribution in [1.29, 1.82) is 0 Å². The molecule has 0 unspecified atom stereocenters. The summed E-state index contributed by atoms with van der Waals surface area (Å²) in [5.41, 5.74) is -1.61. The predicted octanol–water partition coefficient (Wildman–Crippen LogP) is 2.74. The first-order valence-corrected chi connectivity index (χ1v) is 15.0. The van der Waals surface area contributed by atoms with Gasteiger partial charge in [-0.2, -0.15) is 0 Å². The number of nitrogens with one attached hydrogen (secondary N) is 1. The highest BCUT2D eigenvalue weighted by molar-refractivity contribution is 5.98. The van der Waals surface area contributed by atoms with Crippen molar-refractivity contribution in [3.63, 3.8) is 0 Å². The van der Waals surface area contributed by atoms with Crippen LogP contribution in [-0.2, 0) is 28.7 Å². The van der Waals surface area contributed by atoms with E-state index in [1.165, 1.54) is 0 Å². The fraction of sp³-hybridized carbons (Fsp3) is 0.742. The molecule has 3 amide bonds. The second-order valence-corrected chi connectivity index (χ2v) is 12.5. The molecule has 0 radical (unpaired) electrons. The third-order valence-electron chi connectivity index (χ3n) is 8.48. The van der Waals surface area contributed by atoms with E-state index in [-0.39, 0.29) is 30.9 Å². The monoisotopic (exact) mass is 575 g/mol. The minimum atomic E-state index is -1.10. The molecule has 3 aliphatic heterocycles. The van der Waals surface area contributed by atoms with Crippen molar-refractivity contribution in [3.8, 4) is 0 Å². The van der Waals surface area contributed by atoms with E-state index in [2.05, 4.69) is 18.5 Å². The van der Waals surface area contributed by atoms with Crippen LogP contribution in [0.3, 0.4) is 0 Å². The molecule has 41 heavy (non-hydrogen) atoms. The number of aliphatic hydroxyl groups is 1. The van der Waals surface area contributed by atoms with Gasteiger partial charge in [0.1, 0.15) is 17.7 Å². The van der Waals surface area contributed by atoms with E-state index in [0.717, 1.165) is 12.8 Å². The van der Waals surface area contributed by atoms with Gasteiger partial charge in [0.25, 0.3) is 0 Å². The molecule has 0 saturated carbocycles. The lowest BCUT2D eigenvalue weighted by Gasteiger charge is -2.42. The summed E-state index contributed by atoms with van der Waals surface area (Å²) in [5.74, 6) is -2.74. The van der Waals surface area contributed by atoms with Crippen LogP contribution in [-0.4, -0.2) is 94.2 Å². The predicted molar refractivity (Wildman–Crippen MR) is 155 cm³/mol. The molecular formula is C31H49N3O7. The Hall–Kier alpha value is -2.72. The maximum Gasteiger partial charge on any atom is 0.312 e. The maximum absolute atomic E-state index is 14.3. The Balaban J connectivity index is 1.84. The zero-order valence-electron chi connectivity index (χ0n) is 25.2. The highest BCUT2D eigenvalue weighted by Gasteiger charge is 2.75. The summed E-state index contributed by atoms with van der Waals surface area (Å²) in [6, 6.07) is -0.846. The van der Waals surface area contributed by atoms with Gasteiger partial charge < -0.3 is 29.7 Å². The number of likely N-dealkylation sites (tertiary alicyclic amines) is 1. The lowest BCUT2D eigenvalue weighted by molar-refractivity contribution is -0.159. The van der Waals surface area contributed by atoms with Crippen LogP contribution in [0, 0.1) is 11.8 Å². The molecule has 0 aromatic carbocycles. The van der Waals surface area contributed by atoms with E-state index in [1.54, 1.807) is 28.9 Å². The Bertz CT molecular complexity index is 993. The number of aliphatic hydroxyl groups excluding tert-OH is 1. The fourth-order valence-electron chi connectivity index (χ4n) is 6.56. The van der Waals surface area contributed by atoms with Crippen LogP contribution < -0.4 is 5.32 Å². The Kier molecular flexibility index (Phi) is 11.2. The Labute approximate surface area is 244 Å². The largest absolute Gasteiger partial charge is 0.460 e. The molecule has 3 rings (SSSR count). The number of hydrogen-bond donors (Lipinski definition) is 2. The van der Waals surface area contributed by atoms with Gasteiger partial charge in [0, 0.05) is 31.7 Å². The van der Waals surface area contributed by atoms with Crippen molar-refractivity contribution in [2.45, 2.75) is 108 Å². The zero-order valence-corrected chi connectivity index (χ0v) is 25.2. The van der Waals surface area contributed by atoms with Crippen LogP contribution in [0.1, 0.15) is 79.1 Å². The van der Waals surface area contributed by atoms with Gasteiger partial charge in [-0.15, -0.1) is 13.2 Å². The summed E-state index contributed by atoms with van der Waals surface area (Å²) in [6.07, 6.45) is 7.19. The highest BCUT2D eigenvalue weighted by atomic mass is 16.6. The van der Waals surface area contributed by atoms with E-state index >= 15 is 0 Å². The van der Waals surface area contributed by atoms with Crippen molar-refractivity contribution in [2.75, 3.05) is 26.2 Å². The van der Waals surface area contributed by atoms with E-state index in [9.17, 15) is 19.2 Å². The first-order chi connectivity index (χ1) is 19.4. The van der Waals surface area contributed by atoms with Gasteiger partial charge >= 0.3 is 5.97 Å². The third-order valence-corrected chi connectivity index (χ3v) is 8.48. The molecule has 3 heterocycles. The van der Waals surface area contributed by atoms with Gasteiger partial charge in [0.15, 0.2) is 0 Å². The standard InChI is InChI=1S/C31H49N3O7/c1-7-9-14-23(36)32-20-21(3)40-29(39)24-22-15-16-31(41-22)25(24)27(37)33(18-12-10-11-13-19-35)26(31)28(38)34(17-8-2)30(4,5)6/h7-8,21-22,24-26,35H,1-2,9-20H2,3-6H3,(H,32,36)/t21-,22+,24-,25-,26+,31-/m0/s1. The van der Waals surface area contributed by atoms with Crippen molar-refractivity contribution >= 4 is 23.7 Å². The van der Waals surface area contributed by atoms with E-state index < -0.39 is 47.2 Å². The summed E-state index contributed by atoms with van der Waals surface area (Å²) in [7, 11) is 0. The molecule has 3 fully saturated rings. The number of carbonyl (C=O) groups is 4. The number of unbranched alkanes of at least 4 members (excludes halogenated alkanes) is 3. The number of ether oxygens (including phenoxy) is 2. The summed E-state index contributed by atoms with van der Waals surface area (Å²) < 4.78 is 12.2. The molecule has 2 N–H and O–H groups in total. The van der Waals surface area contributed by atoms with Gasteiger partial charge in [-0.05, 0) is 59.8 Å². The molecule has 3 saturated heterocycles. The van der Waals surface area contributed by atoms with Crippen LogP contribution in [0.2, 0.25) is 0 Å². The van der Waals surface area contributed by atoms with Crippen LogP contribution in [0.4, 0.5) is 0 Å². The minimum absolute atomic E-state index is 0.118. The third kappa shape index (κ3) is 7.02. The molecular weight excluding hydrogens is 526 g/mol. The molecule has 2 bridgehead atoms. The number of allylic oxidation sites excluding steroid dienone is 1. The first-order valence-electron chi connectivity index (χ1n) is 15.0. The Morgan fingerprint density at radius 3 is 2.56 bits per heavy atom. The van der Waals surface area contributed by atoms with Crippen molar-refractivity contribution in [2.24, 2.45) is 11.8 Å². The van der Waals surface area contributed by atoms with Crippen LogP contribution in [0.5, 0.6) is 0 Å². The molecule has 10 heteroatoms. The molecule has 0 aliphatic carbocycles. The second kappa shape index (κ2) is 14.0. The van der Waals surface area contributed by atoms with E-state index in [1.807, 2.05) is 20.8 Å². The van der Waals surface area contributed by atoms with Crippen molar-refractivity contribution < 1.29 is 33.8 Å². The van der Waals surface area contributed by atoms with Gasteiger partial charge in [-0.1, -0.05) is 25.0 Å². The number of rotatable bonds is 16. The van der Waals surface area contributed by atoms with Crippen molar-refractivity contribution in [3.05, 3.63) is 25.3 Å². The fourth-order valence-corrected chi connectivity index (χ4v) is 6.56. The summed E-state index contributed by atoms with van der Waals surface area (Å²) in [5, 5.41) is 11.9. The molecule has 0 aromatic heterocycles. The maximum atomic E-state index is 14.3. The average molecular weight is 576 g/mol. The number of carbonyl (C=O) groups excluding carboxylic acids is 4. The highest BCUT2D eigenvalue weighted by Crippen LogP contribution is 2.59. The summed E-state index contributed by atoms with van der Waals surface area (Å²) in [4.78, 5) is 57.2. The lowest BCUT2D eigenvalue weighted by atomic mass is 9.70. The lowest BCUT2D eigenvalue weighted by Crippen LogP contribution is -2.59. The van der Waals surface area contributed by atoms with Crippen LogP contribution >= 0.6 is 0 Å². The Morgan fingerprint density at radius 2 is 1.93 bits per heavy atom. The number of esters is 1. The van der Waals surface area contributed by atoms with Crippen LogP contribution in [0.15, 0.2) is 25.3 Å². The number of amides is 3. The minimum Gasteiger partial charge on any atom is -0.460 e. The van der Waals surface area contributed by atoms with Gasteiger partial charge in [0.2, 0.25) is 17.7 Å². The normalized spacial score (nSPS) is 27.3. The molecule has 3 aliphatic rings. The van der Waals surface area contributed by atoms with Gasteiger partial charge in [-0.25, -0.2) is 0 Å². The second-order valence-electron chi connectivity index (χ2n) is 12.5. The quantitative estimate of drug-likeness (QED) is 0.165. The van der Waals surface area contributed by atoms with Gasteiger partial charge in [-0.3, -0.25) is 19.2 Å². The first kappa shape index (κ1) is 32.8. The molecule has 6 atom stereocenters. The summed E-state index contributed by atoms with van der Waals surface area (Å²) in [6.45, 7) is 16.0. The van der Waals surface area contributed by atoms with Gasteiger partial charge in [0.05, 0.1) is 24.5 Å². The molecule has 0 aromatic rings. The molecule has 1 spiro atoms. The zero-order chi connectivity index (χ0) is 30.4. The Morgan fingerprint density at radius 1 is 1.22 bits per heavy atom. The topological polar surface area (TPSA) is 125 Å². The molecule has 230 valence electrons. The summed E-state index contributed by atoms with van der Waals surface area (Å²) >= 11 is 0. The van der Waals surface area contributed by atoms with Crippen LogP contribution in [0.25, 0.3) is 0 Å². The average Bonchev–Trinajstić information content (AvgIpc) is 3.55.